The van der Waals surface area contributed by atoms with E-state index in [-0.39, 0.29) is 30.2 Å². The maximum atomic E-state index is 13.4. The first-order valence-corrected chi connectivity index (χ1v) is 7.56. The van der Waals surface area contributed by atoms with Crippen LogP contribution in [0.25, 0.3) is 0 Å². The molecule has 0 fully saturated rings. The molecule has 0 saturated carbocycles. The molecular weight excluding hydrogens is 317 g/mol. The molecule has 1 aliphatic rings. The fourth-order valence-electron chi connectivity index (χ4n) is 2.67. The number of benzene rings is 1. The minimum Gasteiger partial charge on any atom is -0.491 e. The average Bonchev–Trinajstić information content (AvgIpc) is 2.89. The Hall–Kier alpha value is -2.83. The van der Waals surface area contributed by atoms with Gasteiger partial charge in [-0.3, -0.25) is 4.79 Å². The van der Waals surface area contributed by atoms with E-state index in [0.29, 0.717) is 24.3 Å². The number of carbonyl (C=O) groups is 2. The summed E-state index contributed by atoms with van der Waals surface area (Å²) in [6.45, 7) is 2.46. The highest BCUT2D eigenvalue weighted by Crippen LogP contribution is 2.26. The number of hydrogen-bond acceptors (Lipinski definition) is 4. The van der Waals surface area contributed by atoms with Crippen molar-refractivity contribution in [3.8, 4) is 5.75 Å². The third kappa shape index (κ3) is 2.97. The lowest BCUT2D eigenvalue weighted by atomic mass is 10.1. The first-order chi connectivity index (χ1) is 11.5. The normalized spacial score (nSPS) is 13.8. The molecule has 1 aromatic heterocycles. The first-order valence-electron chi connectivity index (χ1n) is 7.56. The number of carboxylic acids is 1. The van der Waals surface area contributed by atoms with Crippen molar-refractivity contribution in [1.82, 2.24) is 4.90 Å². The highest BCUT2D eigenvalue weighted by atomic mass is 19.1. The molecule has 0 spiro atoms. The molecule has 0 atom stereocenters. The Kier molecular flexibility index (Phi) is 4.24. The van der Waals surface area contributed by atoms with Crippen molar-refractivity contribution in [1.29, 1.82) is 0 Å². The van der Waals surface area contributed by atoms with E-state index in [9.17, 15) is 14.0 Å². The summed E-state index contributed by atoms with van der Waals surface area (Å²) in [5, 5.41) is 9.16. The zero-order chi connectivity index (χ0) is 17.3. The van der Waals surface area contributed by atoms with E-state index in [2.05, 4.69) is 0 Å². The lowest BCUT2D eigenvalue weighted by molar-refractivity contribution is 0.0687. The van der Waals surface area contributed by atoms with Gasteiger partial charge in [-0.15, -0.1) is 0 Å². The summed E-state index contributed by atoms with van der Waals surface area (Å²) in [6, 6.07) is 5.39. The summed E-state index contributed by atoms with van der Waals surface area (Å²) < 4.78 is 24.4. The van der Waals surface area contributed by atoms with Crippen LogP contribution < -0.4 is 4.74 Å². The number of ether oxygens (including phenoxy) is 1. The van der Waals surface area contributed by atoms with Crippen LogP contribution >= 0.6 is 0 Å². The van der Waals surface area contributed by atoms with E-state index in [1.165, 1.54) is 29.2 Å². The van der Waals surface area contributed by atoms with Crippen LogP contribution in [0.1, 0.15) is 39.2 Å². The number of fused-ring (bicyclic) bond motifs is 1. The largest absolute Gasteiger partial charge is 0.491 e. The van der Waals surface area contributed by atoms with Crippen molar-refractivity contribution in [3.63, 3.8) is 0 Å². The summed E-state index contributed by atoms with van der Waals surface area (Å²) in [4.78, 5) is 25.3. The van der Waals surface area contributed by atoms with E-state index in [1.54, 1.807) is 6.92 Å². The molecule has 6 nitrogen and oxygen atoms in total. The Morgan fingerprint density at radius 3 is 2.79 bits per heavy atom. The maximum Gasteiger partial charge on any atom is 0.339 e. The molecule has 24 heavy (non-hydrogen) atoms. The molecule has 1 N–H and O–H groups in total. The van der Waals surface area contributed by atoms with Gasteiger partial charge in [0.15, 0.2) is 5.76 Å². The molecule has 0 unspecified atom stereocenters. The summed E-state index contributed by atoms with van der Waals surface area (Å²) in [5.74, 6) is -1.25. The first kappa shape index (κ1) is 16.0. The fraction of sp³-hybridized carbons (Fsp3) is 0.294. The Morgan fingerprint density at radius 2 is 2.12 bits per heavy atom. The highest BCUT2D eigenvalue weighted by Gasteiger charge is 2.26. The van der Waals surface area contributed by atoms with Gasteiger partial charge in [-0.25, -0.2) is 9.18 Å². The van der Waals surface area contributed by atoms with Crippen LogP contribution in [0.4, 0.5) is 4.39 Å². The van der Waals surface area contributed by atoms with E-state index in [1.807, 2.05) is 0 Å². The molecular formula is C17H16FNO5. The Morgan fingerprint density at radius 1 is 1.33 bits per heavy atom. The Bertz CT molecular complexity index is 798. The predicted octanol–water partition coefficient (Wildman–Crippen LogP) is 2.71. The molecule has 0 radical (unpaired) electrons. The highest BCUT2D eigenvalue weighted by molar-refractivity contribution is 5.96. The third-order valence-corrected chi connectivity index (χ3v) is 3.86. The minimum absolute atomic E-state index is 0.0154. The van der Waals surface area contributed by atoms with E-state index >= 15 is 0 Å². The number of halogens is 1. The summed E-state index contributed by atoms with van der Waals surface area (Å²) >= 11 is 0. The second-order valence-electron chi connectivity index (χ2n) is 5.43. The monoisotopic (exact) mass is 333 g/mol. The summed E-state index contributed by atoms with van der Waals surface area (Å²) in [7, 11) is 0. The second kappa shape index (κ2) is 6.35. The van der Waals surface area contributed by atoms with Gasteiger partial charge in [0.2, 0.25) is 0 Å². The number of carbonyl (C=O) groups excluding carboxylic acids is 1. The van der Waals surface area contributed by atoms with Gasteiger partial charge in [-0.1, -0.05) is 6.92 Å². The zero-order valence-electron chi connectivity index (χ0n) is 13.0. The van der Waals surface area contributed by atoms with Crippen molar-refractivity contribution < 1.29 is 28.2 Å². The molecule has 3 rings (SSSR count). The van der Waals surface area contributed by atoms with Crippen LogP contribution in [0, 0.1) is 5.82 Å². The lowest BCUT2D eigenvalue weighted by Crippen LogP contribution is -2.32. The number of rotatable bonds is 3. The van der Waals surface area contributed by atoms with Crippen LogP contribution in [-0.4, -0.2) is 35.0 Å². The molecule has 0 bridgehead atoms. The van der Waals surface area contributed by atoms with Gasteiger partial charge in [0.25, 0.3) is 5.91 Å². The topological polar surface area (TPSA) is 80.0 Å². The third-order valence-electron chi connectivity index (χ3n) is 3.86. The Balaban J connectivity index is 1.88. The fourth-order valence-corrected chi connectivity index (χ4v) is 2.67. The van der Waals surface area contributed by atoms with Gasteiger partial charge in [-0.2, -0.15) is 0 Å². The molecule has 0 saturated heterocycles. The zero-order valence-corrected chi connectivity index (χ0v) is 13.0. The number of amides is 1. The maximum absolute atomic E-state index is 13.4. The van der Waals surface area contributed by atoms with Crippen LogP contribution in [0.15, 0.2) is 28.7 Å². The van der Waals surface area contributed by atoms with Crippen LogP contribution in [-0.2, 0) is 13.0 Å². The van der Waals surface area contributed by atoms with Crippen molar-refractivity contribution in [2.75, 3.05) is 13.2 Å². The van der Waals surface area contributed by atoms with E-state index in [4.69, 9.17) is 14.3 Å². The van der Waals surface area contributed by atoms with E-state index in [0.717, 1.165) is 0 Å². The molecule has 1 aliphatic heterocycles. The molecule has 7 heteroatoms. The van der Waals surface area contributed by atoms with Gasteiger partial charge in [-0.05, 0) is 18.2 Å². The van der Waals surface area contributed by atoms with E-state index < -0.39 is 17.7 Å². The van der Waals surface area contributed by atoms with Crippen molar-refractivity contribution in [3.05, 3.63) is 52.7 Å². The van der Waals surface area contributed by atoms with Crippen molar-refractivity contribution in [2.45, 2.75) is 19.9 Å². The van der Waals surface area contributed by atoms with Crippen LogP contribution in [0.2, 0.25) is 0 Å². The number of furan rings is 1. The van der Waals surface area contributed by atoms with Crippen molar-refractivity contribution >= 4 is 11.9 Å². The molecule has 0 aliphatic carbocycles. The van der Waals surface area contributed by atoms with Crippen molar-refractivity contribution in [2.24, 2.45) is 0 Å². The van der Waals surface area contributed by atoms with Gasteiger partial charge >= 0.3 is 5.97 Å². The summed E-state index contributed by atoms with van der Waals surface area (Å²) in [6.07, 6.45) is 0.367. The smallest absolute Gasteiger partial charge is 0.339 e. The average molecular weight is 333 g/mol. The molecule has 1 amide bonds. The van der Waals surface area contributed by atoms with Gasteiger partial charge in [0.05, 0.1) is 6.54 Å². The SMILES string of the molecule is CCc1oc(C(=O)N2CCOc3ccc(F)cc3C2)cc1C(=O)O. The number of aryl methyl sites for hydroxylation is 1. The number of hydrogen-bond donors (Lipinski definition) is 1. The standard InChI is InChI=1S/C17H16FNO5/c1-2-13-12(17(21)22)8-15(24-13)16(20)19-5-6-23-14-4-3-11(18)7-10(14)9-19/h3-4,7-8H,2,5-6,9H2,1H3,(H,21,22). The van der Waals surface area contributed by atoms with Gasteiger partial charge in [0.1, 0.15) is 29.5 Å². The molecule has 2 heterocycles. The lowest BCUT2D eigenvalue weighted by Gasteiger charge is -2.18. The number of aromatic carboxylic acids is 1. The number of nitrogens with zero attached hydrogens (tertiary/aromatic N) is 1. The van der Waals surface area contributed by atoms with Gasteiger partial charge < -0.3 is 19.2 Å². The minimum atomic E-state index is -1.14. The quantitative estimate of drug-likeness (QED) is 0.934. The van der Waals surface area contributed by atoms with Crippen LogP contribution in [0.3, 0.4) is 0 Å². The molecule has 126 valence electrons. The summed E-state index contributed by atoms with van der Waals surface area (Å²) in [5.41, 5.74) is 0.542. The van der Waals surface area contributed by atoms with Gasteiger partial charge in [0, 0.05) is 24.6 Å². The molecule has 2 aromatic rings. The molecule has 1 aromatic carbocycles. The number of carboxylic acid groups (broad SMARTS) is 1. The Labute approximate surface area is 137 Å². The predicted molar refractivity (Wildman–Crippen MR) is 81.7 cm³/mol. The second-order valence-corrected chi connectivity index (χ2v) is 5.43. The van der Waals surface area contributed by atoms with Crippen LogP contribution in [0.5, 0.6) is 5.75 Å².